The lowest BCUT2D eigenvalue weighted by molar-refractivity contribution is -0.131. The second-order valence-corrected chi connectivity index (χ2v) is 7.36. The molecule has 1 aliphatic rings. The number of benzene rings is 1. The van der Waals surface area contributed by atoms with Crippen molar-refractivity contribution in [3.05, 3.63) is 54.7 Å². The Labute approximate surface area is 207 Å². The van der Waals surface area contributed by atoms with Gasteiger partial charge in [-0.3, -0.25) is 9.79 Å². The topological polar surface area (TPSA) is 73.3 Å². The molecule has 8 nitrogen and oxygen atoms in total. The number of carbonyl (C=O) groups is 1. The number of hydrogen-bond acceptors (Lipinski definition) is 5. The van der Waals surface area contributed by atoms with Crippen molar-refractivity contribution < 1.29 is 9.53 Å². The van der Waals surface area contributed by atoms with Gasteiger partial charge in [-0.15, -0.1) is 24.0 Å². The summed E-state index contributed by atoms with van der Waals surface area (Å²) in [5, 5.41) is 3.27. The van der Waals surface area contributed by atoms with Gasteiger partial charge in [0.05, 0.1) is 6.54 Å². The highest BCUT2D eigenvalue weighted by Crippen LogP contribution is 2.13. The maximum absolute atomic E-state index is 12.6. The fourth-order valence-electron chi connectivity index (χ4n) is 3.47. The zero-order chi connectivity index (χ0) is 21.9. The van der Waals surface area contributed by atoms with Crippen LogP contribution >= 0.6 is 24.0 Å². The molecule has 1 fully saturated rings. The molecule has 0 atom stereocenters. The van der Waals surface area contributed by atoms with Gasteiger partial charge < -0.3 is 24.8 Å². The highest BCUT2D eigenvalue weighted by Gasteiger charge is 2.21. The SMILES string of the molecule is CN=C(NCCC(=O)N1CCN(c2ccccn2)CC1)N(C)CCOc1ccccc1.I. The quantitative estimate of drug-likeness (QED) is 0.308. The first-order valence-electron chi connectivity index (χ1n) is 10.7. The van der Waals surface area contributed by atoms with Crippen LogP contribution in [0.3, 0.4) is 0 Å². The first kappa shape index (κ1) is 25.7. The number of guanidine groups is 1. The molecular formula is C23H33IN6O2. The Kier molecular flexibility index (Phi) is 11.1. The fourth-order valence-corrected chi connectivity index (χ4v) is 3.47. The number of carbonyl (C=O) groups excluding carboxylic acids is 1. The summed E-state index contributed by atoms with van der Waals surface area (Å²) in [5.41, 5.74) is 0. The molecule has 0 saturated carbocycles. The van der Waals surface area contributed by atoms with Crippen LogP contribution in [0.4, 0.5) is 5.82 Å². The van der Waals surface area contributed by atoms with Crippen molar-refractivity contribution in [2.24, 2.45) is 4.99 Å². The zero-order valence-corrected chi connectivity index (χ0v) is 21.1. The van der Waals surface area contributed by atoms with Crippen LogP contribution in [0.2, 0.25) is 0 Å². The average Bonchev–Trinajstić information content (AvgIpc) is 2.83. The number of amides is 1. The highest BCUT2D eigenvalue weighted by molar-refractivity contribution is 14.0. The summed E-state index contributed by atoms with van der Waals surface area (Å²) in [5.74, 6) is 2.75. The summed E-state index contributed by atoms with van der Waals surface area (Å²) in [6.45, 7) is 4.86. The van der Waals surface area contributed by atoms with Gasteiger partial charge in [0.2, 0.25) is 5.91 Å². The van der Waals surface area contributed by atoms with Gasteiger partial charge in [-0.25, -0.2) is 4.98 Å². The van der Waals surface area contributed by atoms with Crippen LogP contribution in [0.1, 0.15) is 6.42 Å². The Bertz CT molecular complexity index is 829. The van der Waals surface area contributed by atoms with Crippen LogP contribution < -0.4 is 15.0 Å². The molecule has 1 saturated heterocycles. The maximum atomic E-state index is 12.6. The lowest BCUT2D eigenvalue weighted by Crippen LogP contribution is -2.49. The standard InChI is InChI=1S/C23H32N6O2.HI/c1-24-23(27(2)18-19-31-20-8-4-3-5-9-20)26-13-11-22(30)29-16-14-28(15-17-29)21-10-6-7-12-25-21;/h3-10,12H,11,13-19H2,1-2H3,(H,24,26);1H. The predicted molar refractivity (Wildman–Crippen MR) is 139 cm³/mol. The number of nitrogens with one attached hydrogen (secondary N) is 1. The highest BCUT2D eigenvalue weighted by atomic mass is 127. The number of rotatable bonds is 8. The number of ether oxygens (including phenoxy) is 1. The molecule has 1 aliphatic heterocycles. The molecule has 9 heteroatoms. The number of likely N-dealkylation sites (N-methyl/N-ethyl adjacent to an activating group) is 1. The number of para-hydroxylation sites is 1. The third kappa shape index (κ3) is 7.85. The summed E-state index contributed by atoms with van der Waals surface area (Å²) in [4.78, 5) is 27.4. The van der Waals surface area contributed by atoms with E-state index >= 15 is 0 Å². The first-order chi connectivity index (χ1) is 15.2. The van der Waals surface area contributed by atoms with Crippen molar-refractivity contribution in [1.29, 1.82) is 0 Å². The van der Waals surface area contributed by atoms with E-state index in [0.717, 1.165) is 43.7 Å². The van der Waals surface area contributed by atoms with E-state index in [1.807, 2.05) is 65.4 Å². The summed E-state index contributed by atoms with van der Waals surface area (Å²) < 4.78 is 5.74. The minimum atomic E-state index is 0. The molecule has 1 aromatic heterocycles. The summed E-state index contributed by atoms with van der Waals surface area (Å²) in [7, 11) is 3.71. The molecule has 0 spiro atoms. The van der Waals surface area contributed by atoms with Gasteiger partial charge in [-0.1, -0.05) is 24.3 Å². The molecule has 0 aliphatic carbocycles. The molecule has 0 bridgehead atoms. The predicted octanol–water partition coefficient (Wildman–Crippen LogP) is 2.32. The van der Waals surface area contributed by atoms with Crippen LogP contribution in [0.15, 0.2) is 59.7 Å². The number of aromatic nitrogens is 1. The van der Waals surface area contributed by atoms with E-state index < -0.39 is 0 Å². The molecule has 0 unspecified atom stereocenters. The molecule has 2 aromatic rings. The van der Waals surface area contributed by atoms with Crippen molar-refractivity contribution in [2.45, 2.75) is 6.42 Å². The molecule has 1 amide bonds. The maximum Gasteiger partial charge on any atom is 0.224 e. The molecular weight excluding hydrogens is 519 g/mol. The smallest absolute Gasteiger partial charge is 0.224 e. The number of piperazine rings is 1. The van der Waals surface area contributed by atoms with Gasteiger partial charge in [0.1, 0.15) is 18.2 Å². The first-order valence-corrected chi connectivity index (χ1v) is 10.7. The van der Waals surface area contributed by atoms with Crippen molar-refractivity contribution in [1.82, 2.24) is 20.1 Å². The second kappa shape index (κ2) is 13.8. The third-order valence-electron chi connectivity index (χ3n) is 5.24. The summed E-state index contributed by atoms with van der Waals surface area (Å²) in [6.07, 6.45) is 2.24. The van der Waals surface area contributed by atoms with E-state index in [2.05, 4.69) is 20.2 Å². The Balaban J connectivity index is 0.00000363. The Hall–Kier alpha value is -2.56. The van der Waals surface area contributed by atoms with Gasteiger partial charge in [0.15, 0.2) is 5.96 Å². The molecule has 3 rings (SSSR count). The second-order valence-electron chi connectivity index (χ2n) is 7.36. The van der Waals surface area contributed by atoms with E-state index in [9.17, 15) is 4.79 Å². The Morgan fingerprint density at radius 1 is 1.12 bits per heavy atom. The molecule has 174 valence electrons. The van der Waals surface area contributed by atoms with Gasteiger partial charge >= 0.3 is 0 Å². The molecule has 2 heterocycles. The lowest BCUT2D eigenvalue weighted by atomic mass is 10.2. The molecule has 0 radical (unpaired) electrons. The molecule has 1 N–H and O–H groups in total. The van der Waals surface area contributed by atoms with Crippen molar-refractivity contribution in [2.75, 3.05) is 64.9 Å². The van der Waals surface area contributed by atoms with E-state index in [4.69, 9.17) is 4.74 Å². The summed E-state index contributed by atoms with van der Waals surface area (Å²) in [6, 6.07) is 15.7. The van der Waals surface area contributed by atoms with Gasteiger partial charge in [0.25, 0.3) is 0 Å². The molecule has 32 heavy (non-hydrogen) atoms. The van der Waals surface area contributed by atoms with Gasteiger partial charge in [-0.05, 0) is 24.3 Å². The van der Waals surface area contributed by atoms with Crippen molar-refractivity contribution in [3.8, 4) is 5.75 Å². The fraction of sp³-hybridized carbons (Fsp3) is 0.435. The minimum absolute atomic E-state index is 0. The third-order valence-corrected chi connectivity index (χ3v) is 5.24. The van der Waals surface area contributed by atoms with Crippen LogP contribution in [-0.2, 0) is 4.79 Å². The van der Waals surface area contributed by atoms with E-state index in [1.54, 1.807) is 13.2 Å². The van der Waals surface area contributed by atoms with Crippen molar-refractivity contribution in [3.63, 3.8) is 0 Å². The largest absolute Gasteiger partial charge is 0.492 e. The van der Waals surface area contributed by atoms with Crippen LogP contribution in [0, 0.1) is 0 Å². The Morgan fingerprint density at radius 2 is 1.84 bits per heavy atom. The molecule has 1 aromatic carbocycles. The van der Waals surface area contributed by atoms with Gasteiger partial charge in [-0.2, -0.15) is 0 Å². The number of anilines is 1. The summed E-state index contributed by atoms with van der Waals surface area (Å²) >= 11 is 0. The number of nitrogens with zero attached hydrogens (tertiary/aromatic N) is 5. The normalized spacial score (nSPS) is 13.9. The van der Waals surface area contributed by atoms with Crippen LogP contribution in [0.25, 0.3) is 0 Å². The number of pyridine rings is 1. The van der Waals surface area contributed by atoms with Crippen molar-refractivity contribution >= 4 is 41.7 Å². The van der Waals surface area contributed by atoms with Crippen LogP contribution in [0.5, 0.6) is 5.75 Å². The number of halogens is 1. The van der Waals surface area contributed by atoms with E-state index in [-0.39, 0.29) is 29.9 Å². The Morgan fingerprint density at radius 3 is 2.50 bits per heavy atom. The number of aliphatic imine (C=N–C) groups is 1. The van der Waals surface area contributed by atoms with E-state index in [1.165, 1.54) is 0 Å². The average molecular weight is 552 g/mol. The van der Waals surface area contributed by atoms with Gasteiger partial charge in [0, 0.05) is 59.4 Å². The van der Waals surface area contributed by atoms with Crippen LogP contribution in [-0.4, -0.2) is 86.6 Å². The van der Waals surface area contributed by atoms with E-state index in [0.29, 0.717) is 26.1 Å². The zero-order valence-electron chi connectivity index (χ0n) is 18.8. The minimum Gasteiger partial charge on any atom is -0.492 e. The lowest BCUT2D eigenvalue weighted by Gasteiger charge is -2.35. The monoisotopic (exact) mass is 552 g/mol. The number of hydrogen-bond donors (Lipinski definition) is 1.